The maximum atomic E-state index is 13.0. The van der Waals surface area contributed by atoms with Gasteiger partial charge in [0.25, 0.3) is 0 Å². The van der Waals surface area contributed by atoms with Crippen molar-refractivity contribution >= 4 is 15.9 Å². The van der Waals surface area contributed by atoms with Crippen LogP contribution >= 0.6 is 15.9 Å². The quantitative estimate of drug-likeness (QED) is 0.923. The van der Waals surface area contributed by atoms with Gasteiger partial charge in [-0.15, -0.1) is 0 Å². The second-order valence-electron chi connectivity index (χ2n) is 4.32. The molecule has 0 spiro atoms. The molecule has 1 atom stereocenters. The number of aliphatic hydroxyl groups is 1. The summed E-state index contributed by atoms with van der Waals surface area (Å²) >= 11 is 3.19. The number of likely N-dealkylation sites (tertiary alicyclic amines) is 1. The van der Waals surface area contributed by atoms with Gasteiger partial charge in [-0.1, -0.05) is 6.07 Å². The summed E-state index contributed by atoms with van der Waals surface area (Å²) in [5.41, 5.74) is 1.10. The summed E-state index contributed by atoms with van der Waals surface area (Å²) in [5, 5.41) is 9.05. The van der Waals surface area contributed by atoms with Crippen LogP contribution in [0.15, 0.2) is 22.7 Å². The Morgan fingerprint density at radius 1 is 1.50 bits per heavy atom. The number of hydrogen-bond acceptors (Lipinski definition) is 2. The Morgan fingerprint density at radius 3 is 2.94 bits per heavy atom. The van der Waals surface area contributed by atoms with E-state index in [9.17, 15) is 4.39 Å². The normalized spacial score (nSPS) is 21.6. The number of aliphatic hydroxyl groups excluding tert-OH is 1. The lowest BCUT2D eigenvalue weighted by molar-refractivity contribution is 0.220. The molecule has 1 aliphatic heterocycles. The molecule has 0 radical (unpaired) electrons. The molecule has 1 aromatic carbocycles. The summed E-state index contributed by atoms with van der Waals surface area (Å²) < 4.78 is 13.6. The summed E-state index contributed by atoms with van der Waals surface area (Å²) in [6.45, 7) is 3.05. The maximum Gasteiger partial charge on any atom is 0.137 e. The number of halogens is 2. The zero-order valence-electron chi connectivity index (χ0n) is 9.00. The molecule has 4 heteroatoms. The summed E-state index contributed by atoms with van der Waals surface area (Å²) in [6, 6.07) is 5.12. The van der Waals surface area contributed by atoms with Gasteiger partial charge in [0.05, 0.1) is 4.47 Å². The van der Waals surface area contributed by atoms with Crippen molar-refractivity contribution in [2.24, 2.45) is 5.92 Å². The lowest BCUT2D eigenvalue weighted by Gasteiger charge is -2.15. The molecule has 0 aromatic heterocycles. The molecule has 1 aromatic rings. The molecule has 0 saturated carbocycles. The van der Waals surface area contributed by atoms with Crippen LogP contribution in [0.5, 0.6) is 0 Å². The Kier molecular flexibility index (Phi) is 3.95. The van der Waals surface area contributed by atoms with Crippen LogP contribution in [0.1, 0.15) is 12.0 Å². The van der Waals surface area contributed by atoms with Gasteiger partial charge < -0.3 is 5.11 Å². The monoisotopic (exact) mass is 287 g/mol. The van der Waals surface area contributed by atoms with E-state index < -0.39 is 0 Å². The van der Waals surface area contributed by atoms with Gasteiger partial charge in [0.2, 0.25) is 0 Å². The minimum atomic E-state index is -0.224. The van der Waals surface area contributed by atoms with E-state index >= 15 is 0 Å². The molecular formula is C12H15BrFNO. The summed E-state index contributed by atoms with van der Waals surface area (Å²) in [6.07, 6.45) is 1.05. The second kappa shape index (κ2) is 5.25. The van der Waals surface area contributed by atoms with Crippen molar-refractivity contribution in [2.45, 2.75) is 13.0 Å². The van der Waals surface area contributed by atoms with Crippen molar-refractivity contribution in [3.63, 3.8) is 0 Å². The highest BCUT2D eigenvalue weighted by atomic mass is 79.9. The van der Waals surface area contributed by atoms with Crippen molar-refractivity contribution in [3.05, 3.63) is 34.1 Å². The molecule has 1 heterocycles. The topological polar surface area (TPSA) is 23.5 Å². The highest BCUT2D eigenvalue weighted by Gasteiger charge is 2.21. The third-order valence-corrected chi connectivity index (χ3v) is 3.63. The standard InChI is InChI=1S/C12H15BrFNO/c13-11-5-9(1-2-12(11)14)6-15-4-3-10(7-15)8-16/h1-2,5,10,16H,3-4,6-8H2/t10-/m1/s1. The Bertz CT molecular complexity index is 372. The first-order valence-electron chi connectivity index (χ1n) is 5.46. The van der Waals surface area contributed by atoms with Crippen LogP contribution < -0.4 is 0 Å². The van der Waals surface area contributed by atoms with Crippen molar-refractivity contribution in [3.8, 4) is 0 Å². The summed E-state index contributed by atoms with van der Waals surface area (Å²) in [7, 11) is 0. The van der Waals surface area contributed by atoms with E-state index in [0.717, 1.165) is 31.6 Å². The highest BCUT2D eigenvalue weighted by molar-refractivity contribution is 9.10. The third kappa shape index (κ3) is 2.81. The molecule has 1 N–H and O–H groups in total. The molecule has 2 nitrogen and oxygen atoms in total. The van der Waals surface area contributed by atoms with Crippen molar-refractivity contribution in [1.82, 2.24) is 4.90 Å². The van der Waals surface area contributed by atoms with E-state index in [-0.39, 0.29) is 12.4 Å². The smallest absolute Gasteiger partial charge is 0.137 e. The van der Waals surface area contributed by atoms with Crippen LogP contribution in [0.2, 0.25) is 0 Å². The van der Waals surface area contributed by atoms with Gasteiger partial charge in [0, 0.05) is 19.7 Å². The minimum Gasteiger partial charge on any atom is -0.396 e. The first kappa shape index (κ1) is 12.0. The van der Waals surface area contributed by atoms with Gasteiger partial charge in [-0.3, -0.25) is 4.90 Å². The SMILES string of the molecule is OC[C@@H]1CCN(Cc2ccc(F)c(Br)c2)C1. The third-order valence-electron chi connectivity index (χ3n) is 3.02. The maximum absolute atomic E-state index is 13.0. The second-order valence-corrected chi connectivity index (χ2v) is 5.18. The van der Waals surface area contributed by atoms with Crippen LogP contribution in [0, 0.1) is 11.7 Å². The van der Waals surface area contributed by atoms with Crippen LogP contribution in [0.4, 0.5) is 4.39 Å². The van der Waals surface area contributed by atoms with Crippen LogP contribution in [-0.2, 0) is 6.54 Å². The Balaban J connectivity index is 1.97. The molecule has 1 aliphatic rings. The molecule has 0 aliphatic carbocycles. The molecule has 16 heavy (non-hydrogen) atoms. The van der Waals surface area contributed by atoms with E-state index in [0.29, 0.717) is 10.4 Å². The lowest BCUT2D eigenvalue weighted by Crippen LogP contribution is -2.20. The van der Waals surface area contributed by atoms with E-state index in [2.05, 4.69) is 20.8 Å². The van der Waals surface area contributed by atoms with Gasteiger partial charge in [-0.05, 0) is 52.5 Å². The molecule has 1 saturated heterocycles. The fraction of sp³-hybridized carbons (Fsp3) is 0.500. The van der Waals surface area contributed by atoms with Crippen LogP contribution in [0.3, 0.4) is 0 Å². The van der Waals surface area contributed by atoms with E-state index in [1.807, 2.05) is 12.1 Å². The van der Waals surface area contributed by atoms with Crippen molar-refractivity contribution in [1.29, 1.82) is 0 Å². The molecule has 0 amide bonds. The first-order valence-corrected chi connectivity index (χ1v) is 6.25. The largest absolute Gasteiger partial charge is 0.396 e. The predicted molar refractivity (Wildman–Crippen MR) is 64.6 cm³/mol. The van der Waals surface area contributed by atoms with Gasteiger partial charge in [0.1, 0.15) is 5.82 Å². The fourth-order valence-corrected chi connectivity index (χ4v) is 2.53. The van der Waals surface area contributed by atoms with E-state index in [1.165, 1.54) is 6.07 Å². The Labute approximate surface area is 103 Å². The highest BCUT2D eigenvalue weighted by Crippen LogP contribution is 2.21. The zero-order valence-corrected chi connectivity index (χ0v) is 10.6. The average Bonchev–Trinajstić information content (AvgIpc) is 2.71. The zero-order chi connectivity index (χ0) is 11.5. The van der Waals surface area contributed by atoms with Crippen molar-refractivity contribution in [2.75, 3.05) is 19.7 Å². The lowest BCUT2D eigenvalue weighted by atomic mass is 10.1. The van der Waals surface area contributed by atoms with E-state index in [1.54, 1.807) is 0 Å². The predicted octanol–water partition coefficient (Wildman–Crippen LogP) is 2.40. The number of nitrogens with zero attached hydrogens (tertiary/aromatic N) is 1. The van der Waals surface area contributed by atoms with Crippen molar-refractivity contribution < 1.29 is 9.50 Å². The van der Waals surface area contributed by atoms with Gasteiger partial charge in [-0.25, -0.2) is 4.39 Å². The molecular weight excluding hydrogens is 273 g/mol. The molecule has 0 unspecified atom stereocenters. The Hall–Kier alpha value is -0.450. The van der Waals surface area contributed by atoms with Crippen LogP contribution in [-0.4, -0.2) is 29.7 Å². The number of benzene rings is 1. The molecule has 0 bridgehead atoms. The number of hydrogen-bond donors (Lipinski definition) is 1. The molecule has 1 fully saturated rings. The fourth-order valence-electron chi connectivity index (χ4n) is 2.10. The first-order chi connectivity index (χ1) is 7.69. The van der Waals surface area contributed by atoms with Gasteiger partial charge in [-0.2, -0.15) is 0 Å². The summed E-state index contributed by atoms with van der Waals surface area (Å²) in [4.78, 5) is 2.29. The molecule has 2 rings (SSSR count). The van der Waals surface area contributed by atoms with Gasteiger partial charge in [0.15, 0.2) is 0 Å². The van der Waals surface area contributed by atoms with Crippen LogP contribution in [0.25, 0.3) is 0 Å². The molecule has 88 valence electrons. The average molecular weight is 288 g/mol. The van der Waals surface area contributed by atoms with Gasteiger partial charge >= 0.3 is 0 Å². The summed E-state index contributed by atoms with van der Waals surface area (Å²) in [5.74, 6) is 0.183. The Morgan fingerprint density at radius 2 is 2.31 bits per heavy atom. The van der Waals surface area contributed by atoms with E-state index in [4.69, 9.17) is 5.11 Å². The minimum absolute atomic E-state index is 0.224. The number of rotatable bonds is 3.